The quantitative estimate of drug-likeness (QED) is 0.116. The normalized spacial score (nSPS) is 11.8. The van der Waals surface area contributed by atoms with Gasteiger partial charge in [-0.25, -0.2) is 0 Å². The highest BCUT2D eigenvalue weighted by atomic mass is 127. The van der Waals surface area contributed by atoms with Gasteiger partial charge in [0.1, 0.15) is 5.57 Å². The van der Waals surface area contributed by atoms with Crippen LogP contribution in [0, 0.1) is 0 Å². The second-order valence-electron chi connectivity index (χ2n) is 6.31. The number of rotatable bonds is 13. The molecule has 0 aromatic rings. The van der Waals surface area contributed by atoms with E-state index in [1.807, 2.05) is 6.92 Å². The van der Waals surface area contributed by atoms with E-state index in [4.69, 9.17) is 4.74 Å². The number of ether oxygens (including phenoxy) is 1. The summed E-state index contributed by atoms with van der Waals surface area (Å²) >= 11 is 2.69. The number of halogens is 1. The maximum absolute atomic E-state index is 5.49. The van der Waals surface area contributed by atoms with Crippen molar-refractivity contribution in [3.8, 4) is 0 Å². The molecule has 3 heteroatoms. The summed E-state index contributed by atoms with van der Waals surface area (Å²) < 4.78 is 5.49. The molecule has 0 heterocycles. The molecule has 0 atom stereocenters. The zero-order valence-corrected chi connectivity index (χ0v) is 16.4. The molecule has 0 radical (unpaired) electrons. The van der Waals surface area contributed by atoms with Crippen molar-refractivity contribution in [3.63, 3.8) is 0 Å². The molecule has 0 saturated heterocycles. The van der Waals surface area contributed by atoms with Gasteiger partial charge in [-0.15, -0.1) is 21.8 Å². The summed E-state index contributed by atoms with van der Waals surface area (Å²) in [5, 5.41) is 0. The number of unbranched alkanes of at least 4 members (excludes halogenated alkanes) is 7. The first kappa shape index (κ1) is 19.6. The van der Waals surface area contributed by atoms with Gasteiger partial charge in [-0.05, 0) is 19.4 Å². The summed E-state index contributed by atoms with van der Waals surface area (Å²) in [6.07, 6.45) is 11.1. The smallest absolute Gasteiger partial charge is 0.119 e. The summed E-state index contributed by atoms with van der Waals surface area (Å²) in [6, 6.07) is 1.49. The van der Waals surface area contributed by atoms with Crippen LogP contribution in [0.2, 0.25) is 19.1 Å². The monoisotopic (exact) mass is 396 g/mol. The third-order valence-electron chi connectivity index (χ3n) is 3.16. The second-order valence-corrected chi connectivity index (χ2v) is 19.0. The van der Waals surface area contributed by atoms with Crippen molar-refractivity contribution in [2.45, 2.75) is 77.4 Å². The lowest BCUT2D eigenvalue weighted by Crippen LogP contribution is -2.13. The van der Waals surface area contributed by atoms with Crippen LogP contribution >= 0.6 is 21.8 Å². The lowest BCUT2D eigenvalue weighted by molar-refractivity contribution is 0.151. The molecule has 0 fully saturated rings. The van der Waals surface area contributed by atoms with Crippen molar-refractivity contribution in [2.75, 3.05) is 13.2 Å². The Labute approximate surface area is 134 Å². The molecular formula is C16H33IOSi. The van der Waals surface area contributed by atoms with E-state index in [9.17, 15) is 0 Å². The zero-order valence-electron chi connectivity index (χ0n) is 13.3. The van der Waals surface area contributed by atoms with Crippen LogP contribution in [0.4, 0.5) is 0 Å². The molecule has 0 amide bonds. The van der Waals surface area contributed by atoms with E-state index in [-0.39, 0.29) is 0 Å². The molecule has 0 unspecified atom stereocenters. The van der Waals surface area contributed by atoms with Gasteiger partial charge >= 0.3 is 0 Å². The lowest BCUT2D eigenvalue weighted by atomic mass is 10.1. The van der Waals surface area contributed by atoms with E-state index >= 15 is 0 Å². The van der Waals surface area contributed by atoms with Crippen molar-refractivity contribution in [1.82, 2.24) is 0 Å². The molecule has 0 aliphatic carbocycles. The largest absolute Gasteiger partial charge is 0.377 e. The van der Waals surface area contributed by atoms with E-state index in [1.165, 1.54) is 57.4 Å². The molecule has 0 N–H and O–H groups in total. The van der Waals surface area contributed by atoms with Gasteiger partial charge in [-0.2, -0.15) is 0 Å². The highest BCUT2D eigenvalue weighted by Crippen LogP contribution is 2.21. The molecule has 0 aromatic carbocycles. The summed E-state index contributed by atoms with van der Waals surface area (Å²) in [4.78, 5) is 0. The fourth-order valence-electron chi connectivity index (χ4n) is 2.06. The minimum atomic E-state index is -0.810. The van der Waals surface area contributed by atoms with E-state index < -0.39 is 5.57 Å². The van der Waals surface area contributed by atoms with Gasteiger partial charge in [0.05, 0.1) is 6.61 Å². The van der Waals surface area contributed by atoms with E-state index in [0.29, 0.717) is 0 Å². The Balaban J connectivity index is 3.05. The Morgan fingerprint density at radius 3 is 1.89 bits per heavy atom. The van der Waals surface area contributed by atoms with Gasteiger partial charge in [0.2, 0.25) is 0 Å². The maximum atomic E-state index is 5.49. The fraction of sp³-hybridized carbons (Fsp3) is 0.875. The number of hydrogen-bond acceptors (Lipinski definition) is 1. The van der Waals surface area contributed by atoms with Crippen LogP contribution in [0.1, 0.15) is 58.3 Å². The Bertz CT molecular complexity index is 223. The molecule has 0 saturated carbocycles. The molecule has 0 aromatic heterocycles. The van der Waals surface area contributed by atoms with Gasteiger partial charge < -0.3 is 4.74 Å². The first-order valence-electron chi connectivity index (χ1n) is 7.83. The first-order chi connectivity index (χ1) is 8.92. The predicted molar refractivity (Wildman–Crippen MR) is 98.9 cm³/mol. The van der Waals surface area contributed by atoms with E-state index in [0.717, 1.165) is 18.8 Å². The Kier molecular flexibility index (Phi) is 12.8. The summed E-state index contributed by atoms with van der Waals surface area (Å²) in [5.41, 5.74) is 0.313. The molecule has 0 spiro atoms. The van der Waals surface area contributed by atoms with Crippen LogP contribution in [-0.2, 0) is 4.74 Å². The van der Waals surface area contributed by atoms with Gasteiger partial charge in [0.15, 0.2) is 0 Å². The van der Waals surface area contributed by atoms with Crippen molar-refractivity contribution in [3.05, 3.63) is 12.2 Å². The van der Waals surface area contributed by atoms with E-state index in [2.05, 4.69) is 41.5 Å². The summed E-state index contributed by atoms with van der Waals surface area (Å²) in [7, 11) is 0. The predicted octanol–water partition coefficient (Wildman–Crippen LogP) is 6.34. The summed E-state index contributed by atoms with van der Waals surface area (Å²) in [5.74, 6) is 0. The van der Waals surface area contributed by atoms with Crippen LogP contribution in [-0.4, -0.2) is 18.8 Å². The van der Waals surface area contributed by atoms with Crippen molar-refractivity contribution >= 4 is 27.4 Å². The van der Waals surface area contributed by atoms with Gasteiger partial charge in [0, 0.05) is 6.61 Å². The highest BCUT2D eigenvalue weighted by molar-refractivity contribution is 14.1. The van der Waals surface area contributed by atoms with E-state index in [1.54, 1.807) is 0 Å². The zero-order chi connectivity index (χ0) is 14.6. The maximum Gasteiger partial charge on any atom is 0.119 e. The molecule has 0 aliphatic heterocycles. The molecule has 114 valence electrons. The average molecular weight is 396 g/mol. The van der Waals surface area contributed by atoms with Gasteiger partial charge in [0.25, 0.3) is 0 Å². The Hall–Kier alpha value is 0.647. The van der Waals surface area contributed by atoms with Crippen LogP contribution in [0.15, 0.2) is 12.2 Å². The molecule has 0 rings (SSSR count). The topological polar surface area (TPSA) is 9.23 Å². The lowest BCUT2D eigenvalue weighted by Gasteiger charge is -2.12. The number of hydrogen-bond donors (Lipinski definition) is 0. The van der Waals surface area contributed by atoms with Crippen LogP contribution in [0.5, 0.6) is 0 Å². The first-order valence-corrected chi connectivity index (χ1v) is 14.1. The van der Waals surface area contributed by atoms with Crippen molar-refractivity contribution in [1.29, 1.82) is 0 Å². The summed E-state index contributed by atoms with van der Waals surface area (Å²) in [6.45, 7) is 12.4. The van der Waals surface area contributed by atoms with Crippen LogP contribution in [0.25, 0.3) is 0 Å². The average Bonchev–Trinajstić information content (AvgIpc) is 2.28. The standard InChI is InChI=1S/C16H33IOSi/c1-16(2)15-18-13-11-9-7-5-6-8-10-12-14-19(3,4)17/h1,5-15H2,2-4H3. The van der Waals surface area contributed by atoms with Crippen LogP contribution < -0.4 is 0 Å². The van der Waals surface area contributed by atoms with Gasteiger partial charge in [-0.1, -0.05) is 70.2 Å². The van der Waals surface area contributed by atoms with Crippen molar-refractivity contribution in [2.24, 2.45) is 0 Å². The van der Waals surface area contributed by atoms with Crippen molar-refractivity contribution < 1.29 is 4.74 Å². The molecule has 0 aliphatic rings. The minimum absolute atomic E-state index is 0.733. The highest BCUT2D eigenvalue weighted by Gasteiger charge is 2.14. The molecule has 1 nitrogen and oxygen atoms in total. The fourth-order valence-corrected chi connectivity index (χ4v) is 4.29. The Morgan fingerprint density at radius 1 is 0.947 bits per heavy atom. The third kappa shape index (κ3) is 18.6. The minimum Gasteiger partial charge on any atom is -0.377 e. The van der Waals surface area contributed by atoms with Crippen LogP contribution in [0.3, 0.4) is 0 Å². The third-order valence-corrected chi connectivity index (χ3v) is 6.32. The second kappa shape index (κ2) is 12.4. The molecule has 0 bridgehead atoms. The molecule has 19 heavy (non-hydrogen) atoms. The molecular weight excluding hydrogens is 363 g/mol. The van der Waals surface area contributed by atoms with Gasteiger partial charge in [-0.3, -0.25) is 0 Å². The SMILES string of the molecule is C=C(C)COCCCCCCCCCC[Si](C)(C)I. The Morgan fingerprint density at radius 2 is 1.42 bits per heavy atom.